The molecular weight excluding hydrogens is 382 g/mol. The van der Waals surface area contributed by atoms with Crippen LogP contribution in [0, 0.1) is 27.2 Å². The summed E-state index contributed by atoms with van der Waals surface area (Å²) in [5.74, 6) is -0.257. The summed E-state index contributed by atoms with van der Waals surface area (Å²) in [6.45, 7) is 1.94. The Labute approximate surface area is 165 Å². The molecule has 0 saturated carbocycles. The van der Waals surface area contributed by atoms with E-state index in [1.807, 2.05) is 13.0 Å². The van der Waals surface area contributed by atoms with Crippen molar-refractivity contribution >= 4 is 23.1 Å². The third-order valence-corrected chi connectivity index (χ3v) is 4.72. The molecule has 0 radical (unpaired) electrons. The number of non-ortho nitro benzene ring substituents is 2. The summed E-state index contributed by atoms with van der Waals surface area (Å²) in [5.41, 5.74) is 1.96. The van der Waals surface area contributed by atoms with Crippen molar-refractivity contribution in [2.45, 2.75) is 26.2 Å². The highest BCUT2D eigenvalue weighted by atomic mass is 16.7. The average molecular weight is 399 g/mol. The van der Waals surface area contributed by atoms with E-state index >= 15 is 0 Å². The van der Waals surface area contributed by atoms with Crippen LogP contribution in [-0.4, -0.2) is 28.6 Å². The molecule has 0 unspecified atom stereocenters. The van der Waals surface area contributed by atoms with Crippen LogP contribution < -0.4 is 4.74 Å². The van der Waals surface area contributed by atoms with Gasteiger partial charge >= 0.3 is 5.97 Å². The van der Waals surface area contributed by atoms with Crippen LogP contribution in [0.4, 0.5) is 11.4 Å². The van der Waals surface area contributed by atoms with Crippen LogP contribution in [0.25, 0.3) is 0 Å². The molecule has 150 valence electrons. The molecule has 2 aromatic carbocycles. The summed E-state index contributed by atoms with van der Waals surface area (Å²) in [7, 11) is 1.59. The number of nitro benzene ring substituents is 2. The topological polar surface area (TPSA) is 134 Å². The zero-order chi connectivity index (χ0) is 21.1. The third kappa shape index (κ3) is 4.05. The molecule has 0 fully saturated rings. The first-order valence-electron chi connectivity index (χ1n) is 8.70. The minimum absolute atomic E-state index is 0.322. The van der Waals surface area contributed by atoms with Crippen LogP contribution in [0.5, 0.6) is 5.75 Å². The van der Waals surface area contributed by atoms with Gasteiger partial charge in [-0.2, -0.15) is 0 Å². The van der Waals surface area contributed by atoms with Crippen LogP contribution in [0.15, 0.2) is 35.5 Å². The van der Waals surface area contributed by atoms with Gasteiger partial charge in [0.2, 0.25) is 0 Å². The average Bonchev–Trinajstić information content (AvgIpc) is 2.72. The predicted molar refractivity (Wildman–Crippen MR) is 102 cm³/mol. The van der Waals surface area contributed by atoms with Gasteiger partial charge in [0, 0.05) is 17.7 Å². The molecule has 0 spiro atoms. The number of benzene rings is 2. The van der Waals surface area contributed by atoms with Gasteiger partial charge in [0.15, 0.2) is 0 Å². The van der Waals surface area contributed by atoms with Crippen molar-refractivity contribution in [2.24, 2.45) is 5.16 Å². The standard InChI is InChI=1S/C19H17N3O7/c1-11-15-4-3-5-17(16(15)6-7-18(11)28-2)20-29-19(23)12-8-13(21(24)25)10-14(9-12)22(26)27/h6-10H,3-5H2,1-2H3. The lowest BCUT2D eigenvalue weighted by molar-refractivity contribution is -0.394. The van der Waals surface area contributed by atoms with E-state index < -0.39 is 27.2 Å². The maximum Gasteiger partial charge on any atom is 0.366 e. The summed E-state index contributed by atoms with van der Waals surface area (Å²) >= 11 is 0. The van der Waals surface area contributed by atoms with Crippen molar-refractivity contribution in [3.05, 3.63) is 72.8 Å². The highest BCUT2D eigenvalue weighted by Gasteiger charge is 2.23. The number of carbonyl (C=O) groups excluding carboxylic acids is 1. The molecule has 0 aromatic heterocycles. The van der Waals surface area contributed by atoms with Crippen molar-refractivity contribution in [1.82, 2.24) is 0 Å². The van der Waals surface area contributed by atoms with Gasteiger partial charge in [-0.05, 0) is 49.4 Å². The van der Waals surface area contributed by atoms with Gasteiger partial charge in [-0.3, -0.25) is 20.2 Å². The van der Waals surface area contributed by atoms with Gasteiger partial charge in [0.1, 0.15) is 5.75 Å². The Bertz CT molecular complexity index is 1010. The van der Waals surface area contributed by atoms with E-state index in [1.54, 1.807) is 13.2 Å². The fourth-order valence-electron chi connectivity index (χ4n) is 3.28. The number of ether oxygens (including phenoxy) is 1. The maximum absolute atomic E-state index is 12.3. The number of methoxy groups -OCH3 is 1. The van der Waals surface area contributed by atoms with Crippen LogP contribution in [0.2, 0.25) is 0 Å². The first kappa shape index (κ1) is 19.9. The van der Waals surface area contributed by atoms with Crippen LogP contribution in [0.3, 0.4) is 0 Å². The molecule has 1 aliphatic carbocycles. The Balaban J connectivity index is 1.90. The van der Waals surface area contributed by atoms with Crippen molar-refractivity contribution < 1.29 is 24.2 Å². The lowest BCUT2D eigenvalue weighted by Gasteiger charge is -2.20. The van der Waals surface area contributed by atoms with Crippen molar-refractivity contribution in [3.63, 3.8) is 0 Å². The molecule has 3 rings (SSSR count). The van der Waals surface area contributed by atoms with E-state index in [9.17, 15) is 25.0 Å². The molecule has 1 aliphatic rings. The Morgan fingerprint density at radius 1 is 1.07 bits per heavy atom. The molecule has 0 N–H and O–H groups in total. The summed E-state index contributed by atoms with van der Waals surface area (Å²) in [6, 6.07) is 6.25. The second-order valence-corrected chi connectivity index (χ2v) is 6.44. The monoisotopic (exact) mass is 399 g/mol. The fraction of sp³-hybridized carbons (Fsp3) is 0.263. The maximum atomic E-state index is 12.3. The minimum atomic E-state index is -1.01. The molecule has 29 heavy (non-hydrogen) atoms. The number of rotatable bonds is 5. The van der Waals surface area contributed by atoms with E-state index in [0.717, 1.165) is 53.5 Å². The zero-order valence-corrected chi connectivity index (χ0v) is 15.7. The van der Waals surface area contributed by atoms with Crippen molar-refractivity contribution in [1.29, 1.82) is 0 Å². The summed E-state index contributed by atoms with van der Waals surface area (Å²) in [4.78, 5) is 37.6. The Kier molecular flexibility index (Phi) is 5.53. The third-order valence-electron chi connectivity index (χ3n) is 4.72. The first-order valence-corrected chi connectivity index (χ1v) is 8.70. The zero-order valence-electron chi connectivity index (χ0n) is 15.7. The minimum Gasteiger partial charge on any atom is -0.496 e. The highest BCUT2D eigenvalue weighted by molar-refractivity contribution is 6.03. The molecule has 0 saturated heterocycles. The van der Waals surface area contributed by atoms with E-state index in [4.69, 9.17) is 9.57 Å². The number of nitrogens with zero attached hydrogens (tertiary/aromatic N) is 3. The number of fused-ring (bicyclic) bond motifs is 1. The predicted octanol–water partition coefficient (Wildman–Crippen LogP) is 3.72. The summed E-state index contributed by atoms with van der Waals surface area (Å²) in [6.07, 6.45) is 2.23. The lowest BCUT2D eigenvalue weighted by Crippen LogP contribution is -2.15. The molecule has 10 heteroatoms. The Morgan fingerprint density at radius 3 is 2.31 bits per heavy atom. The van der Waals surface area contributed by atoms with Crippen LogP contribution in [0.1, 0.15) is 39.9 Å². The number of hydrogen-bond donors (Lipinski definition) is 0. The van der Waals surface area contributed by atoms with Gasteiger partial charge in [0.05, 0.1) is 34.3 Å². The largest absolute Gasteiger partial charge is 0.496 e. The smallest absolute Gasteiger partial charge is 0.366 e. The fourth-order valence-corrected chi connectivity index (χ4v) is 3.28. The number of carbonyl (C=O) groups is 1. The quantitative estimate of drug-likeness (QED) is 0.425. The molecule has 0 amide bonds. The Hall–Kier alpha value is -3.82. The number of oxime groups is 1. The van der Waals surface area contributed by atoms with Crippen molar-refractivity contribution in [2.75, 3.05) is 7.11 Å². The van der Waals surface area contributed by atoms with Crippen molar-refractivity contribution in [3.8, 4) is 5.75 Å². The summed E-state index contributed by atoms with van der Waals surface area (Å²) < 4.78 is 5.33. The van der Waals surface area contributed by atoms with Gasteiger partial charge in [-0.1, -0.05) is 5.16 Å². The molecule has 10 nitrogen and oxygen atoms in total. The molecule has 2 aromatic rings. The number of hydrogen-bond acceptors (Lipinski definition) is 8. The molecule has 0 heterocycles. The van der Waals surface area contributed by atoms with Crippen LogP contribution >= 0.6 is 0 Å². The van der Waals surface area contributed by atoms with E-state index in [-0.39, 0.29) is 5.56 Å². The van der Waals surface area contributed by atoms with Gasteiger partial charge in [-0.15, -0.1) is 0 Å². The molecule has 0 bridgehead atoms. The number of nitro groups is 2. The van der Waals surface area contributed by atoms with E-state index in [1.165, 1.54) is 0 Å². The SMILES string of the molecule is COc1ccc2c(c1C)CCCC2=NOC(=O)c1cc([N+](=O)[O-])cc([N+](=O)[O-])c1. The highest BCUT2D eigenvalue weighted by Crippen LogP contribution is 2.31. The molecule has 0 aliphatic heterocycles. The molecular formula is C19H17N3O7. The lowest BCUT2D eigenvalue weighted by atomic mass is 9.87. The summed E-state index contributed by atoms with van der Waals surface area (Å²) in [5, 5.41) is 25.9. The van der Waals surface area contributed by atoms with Gasteiger partial charge in [0.25, 0.3) is 11.4 Å². The molecule has 0 atom stereocenters. The normalized spacial score (nSPS) is 14.2. The second-order valence-electron chi connectivity index (χ2n) is 6.44. The first-order chi connectivity index (χ1) is 13.8. The van der Waals surface area contributed by atoms with E-state index in [0.29, 0.717) is 12.1 Å². The van der Waals surface area contributed by atoms with Gasteiger partial charge < -0.3 is 9.57 Å². The second kappa shape index (κ2) is 8.05. The Morgan fingerprint density at radius 2 is 1.72 bits per heavy atom. The van der Waals surface area contributed by atoms with Crippen LogP contribution in [-0.2, 0) is 11.3 Å². The van der Waals surface area contributed by atoms with Gasteiger partial charge in [-0.25, -0.2) is 4.79 Å². The van der Waals surface area contributed by atoms with E-state index in [2.05, 4.69) is 5.16 Å².